The molecule has 0 fully saturated rings. The molecule has 0 unspecified atom stereocenters. The van der Waals surface area contributed by atoms with E-state index < -0.39 is 0 Å². The number of rotatable bonds is 5. The van der Waals surface area contributed by atoms with E-state index in [0.29, 0.717) is 23.4 Å². The predicted octanol–water partition coefficient (Wildman–Crippen LogP) is 2.62. The summed E-state index contributed by atoms with van der Waals surface area (Å²) in [5.74, 6) is -0.967. The van der Waals surface area contributed by atoms with E-state index in [-0.39, 0.29) is 39.9 Å². The molecule has 26 heavy (non-hydrogen) atoms. The lowest BCUT2D eigenvalue weighted by atomic mass is 9.81. The molecule has 6 nitrogen and oxygen atoms in total. The van der Waals surface area contributed by atoms with Gasteiger partial charge in [-0.15, -0.1) is 0 Å². The van der Waals surface area contributed by atoms with Crippen LogP contribution in [0, 0.1) is 0 Å². The molecule has 2 aromatic carbocycles. The van der Waals surface area contributed by atoms with E-state index in [4.69, 9.17) is 5.73 Å². The Balaban J connectivity index is 2.16. The highest BCUT2D eigenvalue weighted by atomic mass is 16.2. The van der Waals surface area contributed by atoms with Gasteiger partial charge in [-0.25, -0.2) is 0 Å². The first-order chi connectivity index (χ1) is 12.5. The van der Waals surface area contributed by atoms with Gasteiger partial charge >= 0.3 is 0 Å². The van der Waals surface area contributed by atoms with Crippen LogP contribution in [0.25, 0.3) is 0 Å². The molecule has 0 spiro atoms. The number of carbonyl (C=O) groups excluding carboxylic acids is 3. The number of hydrogen-bond acceptors (Lipinski definition) is 5. The number of nitrogens with two attached hydrogens (primary N) is 1. The second-order valence-electron chi connectivity index (χ2n) is 6.20. The lowest BCUT2D eigenvalue weighted by molar-refractivity contribution is 0.0952. The van der Waals surface area contributed by atoms with Crippen LogP contribution in [0.4, 0.5) is 11.4 Å². The Morgan fingerprint density at radius 2 is 1.69 bits per heavy atom. The summed E-state index contributed by atoms with van der Waals surface area (Å²) in [6, 6.07) is 8.18. The molecule has 3 rings (SSSR count). The number of carbonyl (C=O) groups is 3. The Labute approximate surface area is 151 Å². The average Bonchev–Trinajstić information content (AvgIpc) is 2.65. The third-order valence-electron chi connectivity index (χ3n) is 4.57. The van der Waals surface area contributed by atoms with Crippen LogP contribution in [0.2, 0.25) is 0 Å². The molecule has 1 amide bonds. The standard InChI is InChI=1S/C20H21N3O3/c1-3-4-9-23-20(26)13-10-14(22-2)15-16(17(13)21)19(25)12-8-6-5-7-11(12)18(15)24/h5-8,10,22H,3-4,9,21H2,1-2H3,(H,23,26). The number of fused-ring (bicyclic) bond motifs is 2. The van der Waals surface area contributed by atoms with Crippen molar-refractivity contribution in [1.82, 2.24) is 5.32 Å². The molecule has 0 saturated carbocycles. The van der Waals surface area contributed by atoms with Crippen LogP contribution in [0.3, 0.4) is 0 Å². The Morgan fingerprint density at radius 3 is 2.27 bits per heavy atom. The topological polar surface area (TPSA) is 101 Å². The molecule has 0 radical (unpaired) electrons. The molecule has 0 saturated heterocycles. The second kappa shape index (κ2) is 7.00. The predicted molar refractivity (Wildman–Crippen MR) is 101 cm³/mol. The van der Waals surface area contributed by atoms with Gasteiger partial charge in [0, 0.05) is 30.4 Å². The van der Waals surface area contributed by atoms with Crippen LogP contribution in [0.1, 0.15) is 62.0 Å². The third-order valence-corrected chi connectivity index (χ3v) is 4.57. The van der Waals surface area contributed by atoms with Crippen molar-refractivity contribution in [3.8, 4) is 0 Å². The molecule has 0 aromatic heterocycles. The van der Waals surface area contributed by atoms with Gasteiger partial charge in [-0.3, -0.25) is 14.4 Å². The number of nitrogen functional groups attached to an aromatic ring is 1. The highest BCUT2D eigenvalue weighted by molar-refractivity contribution is 6.32. The average molecular weight is 351 g/mol. The van der Waals surface area contributed by atoms with Gasteiger partial charge in [-0.2, -0.15) is 0 Å². The first-order valence-electron chi connectivity index (χ1n) is 8.62. The first-order valence-corrected chi connectivity index (χ1v) is 8.62. The molecule has 4 N–H and O–H groups in total. The molecule has 1 aliphatic carbocycles. The summed E-state index contributed by atoms with van der Waals surface area (Å²) in [7, 11) is 1.64. The number of nitrogens with one attached hydrogen (secondary N) is 2. The van der Waals surface area contributed by atoms with Crippen LogP contribution in [-0.2, 0) is 0 Å². The molecular weight excluding hydrogens is 330 g/mol. The number of benzene rings is 2. The first kappa shape index (κ1) is 17.7. The monoisotopic (exact) mass is 351 g/mol. The van der Waals surface area contributed by atoms with Gasteiger partial charge in [0.2, 0.25) is 0 Å². The van der Waals surface area contributed by atoms with Gasteiger partial charge in [0.25, 0.3) is 5.91 Å². The zero-order valence-electron chi connectivity index (χ0n) is 14.8. The van der Waals surface area contributed by atoms with E-state index >= 15 is 0 Å². The molecule has 0 atom stereocenters. The van der Waals surface area contributed by atoms with Crippen LogP contribution in [0.15, 0.2) is 30.3 Å². The van der Waals surface area contributed by atoms with E-state index in [1.165, 1.54) is 6.07 Å². The van der Waals surface area contributed by atoms with Gasteiger partial charge < -0.3 is 16.4 Å². The fourth-order valence-corrected chi connectivity index (χ4v) is 3.18. The van der Waals surface area contributed by atoms with Crippen molar-refractivity contribution in [3.05, 3.63) is 58.1 Å². The van der Waals surface area contributed by atoms with Crippen molar-refractivity contribution in [3.63, 3.8) is 0 Å². The largest absolute Gasteiger partial charge is 0.397 e. The van der Waals surface area contributed by atoms with Crippen LogP contribution >= 0.6 is 0 Å². The van der Waals surface area contributed by atoms with Gasteiger partial charge in [0.05, 0.1) is 22.4 Å². The molecule has 0 heterocycles. The molecule has 6 heteroatoms. The summed E-state index contributed by atoms with van der Waals surface area (Å²) in [5, 5.41) is 5.72. The van der Waals surface area contributed by atoms with E-state index in [1.54, 1.807) is 31.3 Å². The van der Waals surface area contributed by atoms with Crippen LogP contribution in [0.5, 0.6) is 0 Å². The van der Waals surface area contributed by atoms with Gasteiger partial charge in [0.1, 0.15) is 0 Å². The lowest BCUT2D eigenvalue weighted by Crippen LogP contribution is -2.29. The highest BCUT2D eigenvalue weighted by Gasteiger charge is 2.35. The zero-order chi connectivity index (χ0) is 18.8. The Kier molecular flexibility index (Phi) is 4.75. The maximum Gasteiger partial charge on any atom is 0.253 e. The number of anilines is 2. The minimum Gasteiger partial charge on any atom is -0.397 e. The van der Waals surface area contributed by atoms with Gasteiger partial charge in [-0.1, -0.05) is 37.6 Å². The lowest BCUT2D eigenvalue weighted by Gasteiger charge is -2.23. The minimum atomic E-state index is -0.352. The van der Waals surface area contributed by atoms with Gasteiger partial charge in [0.15, 0.2) is 11.6 Å². The molecule has 1 aliphatic rings. The minimum absolute atomic E-state index is 0.0425. The summed E-state index contributed by atoms with van der Waals surface area (Å²) in [6.07, 6.45) is 1.80. The van der Waals surface area contributed by atoms with Crippen molar-refractivity contribution >= 4 is 28.8 Å². The Bertz CT molecular complexity index is 919. The third kappa shape index (κ3) is 2.73. The summed E-state index contributed by atoms with van der Waals surface area (Å²) in [5.41, 5.74) is 7.82. The Hall–Kier alpha value is -3.15. The molecule has 134 valence electrons. The van der Waals surface area contributed by atoms with Crippen molar-refractivity contribution in [2.45, 2.75) is 19.8 Å². The number of ketones is 2. The quantitative estimate of drug-likeness (QED) is 0.484. The Morgan fingerprint density at radius 1 is 1.08 bits per heavy atom. The number of unbranched alkanes of at least 4 members (excludes halogenated alkanes) is 1. The van der Waals surface area contributed by atoms with Gasteiger partial charge in [-0.05, 0) is 12.5 Å². The number of amides is 1. The number of hydrogen-bond donors (Lipinski definition) is 3. The van der Waals surface area contributed by atoms with Crippen molar-refractivity contribution < 1.29 is 14.4 Å². The summed E-state index contributed by atoms with van der Waals surface area (Å²) < 4.78 is 0. The fraction of sp³-hybridized carbons (Fsp3) is 0.250. The van der Waals surface area contributed by atoms with E-state index in [9.17, 15) is 14.4 Å². The smallest absolute Gasteiger partial charge is 0.253 e. The molecule has 2 aromatic rings. The molecular formula is C20H21N3O3. The fourth-order valence-electron chi connectivity index (χ4n) is 3.18. The SMILES string of the molecule is CCCCNC(=O)c1cc(NC)c2c(c1N)C(=O)c1ccccc1C2=O. The molecule has 0 bridgehead atoms. The van der Waals surface area contributed by atoms with E-state index in [2.05, 4.69) is 10.6 Å². The van der Waals surface area contributed by atoms with Crippen molar-refractivity contribution in [2.24, 2.45) is 0 Å². The van der Waals surface area contributed by atoms with Crippen LogP contribution < -0.4 is 16.4 Å². The highest BCUT2D eigenvalue weighted by Crippen LogP contribution is 2.37. The maximum atomic E-state index is 13.0. The summed E-state index contributed by atoms with van der Waals surface area (Å²) in [4.78, 5) is 38.4. The zero-order valence-corrected chi connectivity index (χ0v) is 14.8. The van der Waals surface area contributed by atoms with E-state index in [1.807, 2.05) is 6.92 Å². The van der Waals surface area contributed by atoms with Crippen LogP contribution in [-0.4, -0.2) is 31.1 Å². The normalized spacial score (nSPS) is 12.4. The van der Waals surface area contributed by atoms with Crippen molar-refractivity contribution in [2.75, 3.05) is 24.6 Å². The van der Waals surface area contributed by atoms with E-state index in [0.717, 1.165) is 12.8 Å². The van der Waals surface area contributed by atoms with Crippen molar-refractivity contribution in [1.29, 1.82) is 0 Å². The second-order valence-corrected chi connectivity index (χ2v) is 6.20. The molecule has 0 aliphatic heterocycles. The summed E-state index contributed by atoms with van der Waals surface area (Å²) in [6.45, 7) is 2.55. The summed E-state index contributed by atoms with van der Waals surface area (Å²) >= 11 is 0. The maximum absolute atomic E-state index is 13.0.